The van der Waals surface area contributed by atoms with Gasteiger partial charge in [-0.3, -0.25) is 0 Å². The standard InChI is InChI=1S/C17H18F3N3S/c1-3-21-15-10-14(8-7-11(15)2)23-16(24)22-13-6-4-5-12(9-13)17(18,19)20/h4-10,21H,3H2,1-2H3,(H2,22,23,24). The molecule has 0 saturated carbocycles. The molecule has 0 radical (unpaired) electrons. The fourth-order valence-electron chi connectivity index (χ4n) is 2.15. The topological polar surface area (TPSA) is 36.1 Å². The van der Waals surface area contributed by atoms with Crippen molar-refractivity contribution in [1.29, 1.82) is 0 Å². The molecule has 0 amide bonds. The number of benzene rings is 2. The zero-order valence-electron chi connectivity index (χ0n) is 13.3. The molecule has 0 bridgehead atoms. The first-order valence-electron chi connectivity index (χ1n) is 7.39. The molecule has 0 spiro atoms. The molecule has 7 heteroatoms. The van der Waals surface area contributed by atoms with Gasteiger partial charge in [0.05, 0.1) is 5.56 Å². The zero-order chi connectivity index (χ0) is 17.7. The van der Waals surface area contributed by atoms with Crippen LogP contribution in [0.15, 0.2) is 42.5 Å². The van der Waals surface area contributed by atoms with Crippen LogP contribution in [0.3, 0.4) is 0 Å². The van der Waals surface area contributed by atoms with Gasteiger partial charge < -0.3 is 16.0 Å². The second-order valence-electron chi connectivity index (χ2n) is 5.22. The number of aryl methyl sites for hydroxylation is 1. The summed E-state index contributed by atoms with van der Waals surface area (Å²) in [4.78, 5) is 0. The molecule has 128 valence electrons. The van der Waals surface area contributed by atoms with E-state index in [1.165, 1.54) is 12.1 Å². The maximum Gasteiger partial charge on any atom is 0.416 e. The minimum absolute atomic E-state index is 0.223. The molecule has 0 aromatic heterocycles. The molecule has 0 fully saturated rings. The van der Waals surface area contributed by atoms with Crippen molar-refractivity contribution < 1.29 is 13.2 Å². The summed E-state index contributed by atoms with van der Waals surface area (Å²) in [7, 11) is 0. The number of halogens is 3. The number of thiocarbonyl (C=S) groups is 1. The summed E-state index contributed by atoms with van der Waals surface area (Å²) in [6.45, 7) is 4.78. The molecule has 3 N–H and O–H groups in total. The van der Waals surface area contributed by atoms with Crippen molar-refractivity contribution in [1.82, 2.24) is 0 Å². The molecule has 2 aromatic carbocycles. The van der Waals surface area contributed by atoms with Crippen molar-refractivity contribution >= 4 is 34.4 Å². The molecular formula is C17H18F3N3S. The van der Waals surface area contributed by atoms with Gasteiger partial charge in [-0.05, 0) is 62.0 Å². The van der Waals surface area contributed by atoms with Gasteiger partial charge in [0.15, 0.2) is 5.11 Å². The number of hydrogen-bond acceptors (Lipinski definition) is 2. The number of hydrogen-bond donors (Lipinski definition) is 3. The normalized spacial score (nSPS) is 11.0. The molecule has 0 atom stereocenters. The van der Waals surface area contributed by atoms with E-state index in [1.54, 1.807) is 0 Å². The summed E-state index contributed by atoms with van der Waals surface area (Å²) in [5.74, 6) is 0. The number of alkyl halides is 3. The zero-order valence-corrected chi connectivity index (χ0v) is 14.1. The third-order valence-electron chi connectivity index (χ3n) is 3.31. The van der Waals surface area contributed by atoms with Gasteiger partial charge in [0.25, 0.3) is 0 Å². The average Bonchev–Trinajstić information content (AvgIpc) is 2.50. The smallest absolute Gasteiger partial charge is 0.385 e. The lowest BCUT2D eigenvalue weighted by atomic mass is 10.2. The first-order chi connectivity index (χ1) is 11.3. The van der Waals surface area contributed by atoms with Crippen LogP contribution in [-0.2, 0) is 6.18 Å². The van der Waals surface area contributed by atoms with Gasteiger partial charge in [-0.1, -0.05) is 12.1 Å². The van der Waals surface area contributed by atoms with Crippen LogP contribution in [0.25, 0.3) is 0 Å². The molecular weight excluding hydrogens is 335 g/mol. The van der Waals surface area contributed by atoms with E-state index >= 15 is 0 Å². The van der Waals surface area contributed by atoms with E-state index in [0.29, 0.717) is 0 Å². The monoisotopic (exact) mass is 353 g/mol. The van der Waals surface area contributed by atoms with Crippen LogP contribution in [-0.4, -0.2) is 11.7 Å². The van der Waals surface area contributed by atoms with Gasteiger partial charge in [-0.2, -0.15) is 13.2 Å². The maximum absolute atomic E-state index is 12.7. The molecule has 3 nitrogen and oxygen atoms in total. The van der Waals surface area contributed by atoms with Gasteiger partial charge in [-0.15, -0.1) is 0 Å². The van der Waals surface area contributed by atoms with Crippen molar-refractivity contribution in [3.05, 3.63) is 53.6 Å². The Kier molecular flexibility index (Phi) is 5.66. The highest BCUT2D eigenvalue weighted by atomic mass is 32.1. The molecule has 0 unspecified atom stereocenters. The Morgan fingerprint density at radius 1 is 1.04 bits per heavy atom. The summed E-state index contributed by atoms with van der Waals surface area (Å²) >= 11 is 5.17. The van der Waals surface area contributed by atoms with Crippen LogP contribution in [0.5, 0.6) is 0 Å². The highest BCUT2D eigenvalue weighted by Crippen LogP contribution is 2.30. The summed E-state index contributed by atoms with van der Waals surface area (Å²) in [6, 6.07) is 10.6. The molecule has 2 rings (SSSR count). The second-order valence-corrected chi connectivity index (χ2v) is 5.63. The average molecular weight is 353 g/mol. The maximum atomic E-state index is 12.7. The molecule has 0 aliphatic carbocycles. The lowest BCUT2D eigenvalue weighted by Gasteiger charge is -2.14. The first-order valence-corrected chi connectivity index (χ1v) is 7.80. The summed E-state index contributed by atoms with van der Waals surface area (Å²) in [5.41, 5.74) is 2.38. The van der Waals surface area contributed by atoms with Crippen molar-refractivity contribution in [2.75, 3.05) is 22.5 Å². The van der Waals surface area contributed by atoms with Crippen LogP contribution < -0.4 is 16.0 Å². The predicted molar refractivity (Wildman–Crippen MR) is 96.6 cm³/mol. The van der Waals surface area contributed by atoms with Gasteiger partial charge in [0, 0.05) is 23.6 Å². The third-order valence-corrected chi connectivity index (χ3v) is 3.51. The molecule has 0 saturated heterocycles. The Bertz CT molecular complexity index is 729. The van der Waals surface area contributed by atoms with Crippen LogP contribution in [0.4, 0.5) is 30.2 Å². The molecule has 0 aliphatic rings. The Hall–Kier alpha value is -2.28. The molecule has 24 heavy (non-hydrogen) atoms. The second kappa shape index (κ2) is 7.53. The fraction of sp³-hybridized carbons (Fsp3) is 0.235. The van der Waals surface area contributed by atoms with Gasteiger partial charge >= 0.3 is 6.18 Å². The Labute approximate surface area is 144 Å². The van der Waals surface area contributed by atoms with E-state index in [-0.39, 0.29) is 10.8 Å². The molecule has 0 aliphatic heterocycles. The minimum atomic E-state index is -4.38. The summed E-state index contributed by atoms with van der Waals surface area (Å²) < 4.78 is 38.2. The Morgan fingerprint density at radius 2 is 1.71 bits per heavy atom. The number of nitrogens with one attached hydrogen (secondary N) is 3. The molecule has 2 aromatic rings. The Balaban J connectivity index is 2.07. The largest absolute Gasteiger partial charge is 0.416 e. The van der Waals surface area contributed by atoms with E-state index in [9.17, 15) is 13.2 Å². The van der Waals surface area contributed by atoms with E-state index in [2.05, 4.69) is 16.0 Å². The molecule has 0 heterocycles. The van der Waals surface area contributed by atoms with Crippen LogP contribution in [0.1, 0.15) is 18.1 Å². The van der Waals surface area contributed by atoms with Crippen LogP contribution >= 0.6 is 12.2 Å². The van der Waals surface area contributed by atoms with Crippen molar-refractivity contribution in [3.63, 3.8) is 0 Å². The number of anilines is 3. The van der Waals surface area contributed by atoms with E-state index in [4.69, 9.17) is 12.2 Å². The third kappa shape index (κ3) is 4.86. The Morgan fingerprint density at radius 3 is 2.33 bits per heavy atom. The SMILES string of the molecule is CCNc1cc(NC(=S)Nc2cccc(C(F)(F)F)c2)ccc1C. The first kappa shape index (κ1) is 18.1. The van der Waals surface area contributed by atoms with Crippen molar-refractivity contribution in [2.45, 2.75) is 20.0 Å². The van der Waals surface area contributed by atoms with E-state index in [1.807, 2.05) is 32.0 Å². The quantitative estimate of drug-likeness (QED) is 0.656. The van der Waals surface area contributed by atoms with Crippen molar-refractivity contribution in [3.8, 4) is 0 Å². The number of rotatable bonds is 4. The lowest BCUT2D eigenvalue weighted by molar-refractivity contribution is -0.137. The highest BCUT2D eigenvalue weighted by Gasteiger charge is 2.30. The fourth-order valence-corrected chi connectivity index (χ4v) is 2.38. The predicted octanol–water partition coefficient (Wildman–Crippen LogP) is 5.25. The van der Waals surface area contributed by atoms with Gasteiger partial charge in [0.1, 0.15) is 0 Å². The van der Waals surface area contributed by atoms with Gasteiger partial charge in [-0.25, -0.2) is 0 Å². The van der Waals surface area contributed by atoms with Crippen molar-refractivity contribution in [2.24, 2.45) is 0 Å². The van der Waals surface area contributed by atoms with Crippen LogP contribution in [0, 0.1) is 6.92 Å². The summed E-state index contributed by atoms with van der Waals surface area (Å²) in [5, 5.41) is 9.20. The van der Waals surface area contributed by atoms with Crippen LogP contribution in [0.2, 0.25) is 0 Å². The lowest BCUT2D eigenvalue weighted by Crippen LogP contribution is -2.19. The van der Waals surface area contributed by atoms with E-state index < -0.39 is 11.7 Å². The van der Waals surface area contributed by atoms with E-state index in [0.717, 1.165) is 35.6 Å². The highest BCUT2D eigenvalue weighted by molar-refractivity contribution is 7.80. The minimum Gasteiger partial charge on any atom is -0.385 e. The van der Waals surface area contributed by atoms with Gasteiger partial charge in [0.2, 0.25) is 0 Å². The summed E-state index contributed by atoms with van der Waals surface area (Å²) in [6.07, 6.45) is -4.38.